The van der Waals surface area contributed by atoms with Crippen molar-refractivity contribution in [3.8, 4) is 11.1 Å². The van der Waals surface area contributed by atoms with Crippen molar-refractivity contribution in [3.63, 3.8) is 0 Å². The fourth-order valence-corrected chi connectivity index (χ4v) is 2.90. The third kappa shape index (κ3) is 2.78. The summed E-state index contributed by atoms with van der Waals surface area (Å²) in [6.45, 7) is 11.1. The van der Waals surface area contributed by atoms with Gasteiger partial charge in [-0.1, -0.05) is 75.9 Å². The molecule has 0 nitrogen and oxygen atoms in total. The molecule has 3 rings (SSSR count). The van der Waals surface area contributed by atoms with Crippen LogP contribution < -0.4 is 0 Å². The second-order valence-corrected chi connectivity index (χ2v) is 6.92. The van der Waals surface area contributed by atoms with E-state index in [0.717, 1.165) is 12.8 Å². The summed E-state index contributed by atoms with van der Waals surface area (Å²) >= 11 is 0. The Labute approximate surface area is 134 Å². The molecule has 0 atom stereocenters. The molecule has 0 spiro atoms. The van der Waals surface area contributed by atoms with Gasteiger partial charge in [-0.05, 0) is 57.7 Å². The van der Waals surface area contributed by atoms with E-state index < -0.39 is 0 Å². The SMILES string of the molecule is C=C1Cc2ccccc2-c2cc(/C=C/C(C)(C)CC)ccc21. The molecule has 1 aliphatic carbocycles. The van der Waals surface area contributed by atoms with Gasteiger partial charge in [0.2, 0.25) is 0 Å². The standard InChI is InChI=1S/C22H24/c1-5-22(3,4)13-12-17-10-11-19-16(2)14-18-8-6-7-9-20(18)21(19)15-17/h6-13,15H,2,5,14H2,1,3-4H3/b13-12+. The van der Waals surface area contributed by atoms with Crippen molar-refractivity contribution < 1.29 is 0 Å². The highest BCUT2D eigenvalue weighted by Gasteiger charge is 2.18. The predicted octanol–water partition coefficient (Wildman–Crippen LogP) is 6.37. The minimum Gasteiger partial charge on any atom is -0.0949 e. The lowest BCUT2D eigenvalue weighted by Gasteiger charge is -2.22. The topological polar surface area (TPSA) is 0 Å². The highest BCUT2D eigenvalue weighted by atomic mass is 14.2. The average Bonchev–Trinajstić information content (AvgIpc) is 2.53. The Hall–Kier alpha value is -2.08. The van der Waals surface area contributed by atoms with Crippen LogP contribution in [0.4, 0.5) is 0 Å². The van der Waals surface area contributed by atoms with Crippen molar-refractivity contribution in [2.75, 3.05) is 0 Å². The first-order chi connectivity index (χ1) is 10.5. The molecule has 0 heterocycles. The van der Waals surface area contributed by atoms with Crippen LogP contribution in [0.3, 0.4) is 0 Å². The second-order valence-electron chi connectivity index (χ2n) is 6.92. The normalized spacial score (nSPS) is 14.0. The second kappa shape index (κ2) is 5.61. The van der Waals surface area contributed by atoms with Crippen LogP contribution in [0.25, 0.3) is 22.8 Å². The van der Waals surface area contributed by atoms with Gasteiger partial charge in [-0.3, -0.25) is 0 Å². The molecule has 0 saturated carbocycles. The van der Waals surface area contributed by atoms with E-state index in [2.05, 4.69) is 82.0 Å². The zero-order chi connectivity index (χ0) is 15.7. The molecule has 2 aromatic carbocycles. The lowest BCUT2D eigenvalue weighted by molar-refractivity contribution is 0.464. The number of rotatable bonds is 3. The number of benzene rings is 2. The minimum absolute atomic E-state index is 0.247. The number of fused-ring (bicyclic) bond motifs is 3. The lowest BCUT2D eigenvalue weighted by atomic mass is 9.82. The summed E-state index contributed by atoms with van der Waals surface area (Å²) in [6.07, 6.45) is 6.68. The van der Waals surface area contributed by atoms with Crippen LogP contribution >= 0.6 is 0 Å². The quantitative estimate of drug-likeness (QED) is 0.615. The van der Waals surface area contributed by atoms with E-state index in [4.69, 9.17) is 0 Å². The van der Waals surface area contributed by atoms with Gasteiger partial charge in [0.1, 0.15) is 0 Å². The Kier molecular flexibility index (Phi) is 3.78. The monoisotopic (exact) mass is 288 g/mol. The lowest BCUT2D eigenvalue weighted by Crippen LogP contribution is -2.04. The van der Waals surface area contributed by atoms with E-state index in [-0.39, 0.29) is 5.41 Å². The average molecular weight is 288 g/mol. The molecule has 0 fully saturated rings. The van der Waals surface area contributed by atoms with Gasteiger partial charge in [0.15, 0.2) is 0 Å². The van der Waals surface area contributed by atoms with E-state index >= 15 is 0 Å². The predicted molar refractivity (Wildman–Crippen MR) is 97.7 cm³/mol. The van der Waals surface area contributed by atoms with E-state index in [1.807, 2.05) is 0 Å². The molecule has 0 saturated heterocycles. The van der Waals surface area contributed by atoms with Crippen LogP contribution in [0.15, 0.2) is 55.1 Å². The van der Waals surface area contributed by atoms with Gasteiger partial charge in [0.05, 0.1) is 0 Å². The zero-order valence-corrected chi connectivity index (χ0v) is 13.8. The van der Waals surface area contributed by atoms with Crippen molar-refractivity contribution in [2.24, 2.45) is 5.41 Å². The molecule has 2 aromatic rings. The Morgan fingerprint density at radius 2 is 1.82 bits per heavy atom. The molecule has 0 radical (unpaired) electrons. The van der Waals surface area contributed by atoms with Gasteiger partial charge in [0, 0.05) is 0 Å². The molecule has 0 heteroatoms. The Bertz CT molecular complexity index is 744. The summed E-state index contributed by atoms with van der Waals surface area (Å²) in [5.41, 5.74) is 8.10. The largest absolute Gasteiger partial charge is 0.0949 e. The molecule has 22 heavy (non-hydrogen) atoms. The van der Waals surface area contributed by atoms with Crippen LogP contribution in [0, 0.1) is 5.41 Å². The first kappa shape index (κ1) is 14.8. The maximum Gasteiger partial charge on any atom is -0.00193 e. The molecule has 0 unspecified atom stereocenters. The van der Waals surface area contributed by atoms with Crippen molar-refractivity contribution in [3.05, 3.63) is 71.8 Å². The smallest absolute Gasteiger partial charge is 0.00193 e. The van der Waals surface area contributed by atoms with Gasteiger partial charge >= 0.3 is 0 Å². The molecule has 1 aliphatic rings. The molecule has 0 amide bonds. The van der Waals surface area contributed by atoms with Crippen molar-refractivity contribution in [1.29, 1.82) is 0 Å². The fourth-order valence-electron chi connectivity index (χ4n) is 2.90. The summed E-state index contributed by atoms with van der Waals surface area (Å²) in [5, 5.41) is 0. The summed E-state index contributed by atoms with van der Waals surface area (Å²) in [4.78, 5) is 0. The van der Waals surface area contributed by atoms with Gasteiger partial charge in [0.25, 0.3) is 0 Å². The Balaban J connectivity index is 2.05. The van der Waals surface area contributed by atoms with Gasteiger partial charge < -0.3 is 0 Å². The maximum absolute atomic E-state index is 4.26. The molecule has 0 aromatic heterocycles. The fraction of sp³-hybridized carbons (Fsp3) is 0.273. The zero-order valence-electron chi connectivity index (χ0n) is 13.8. The van der Waals surface area contributed by atoms with E-state index in [9.17, 15) is 0 Å². The van der Waals surface area contributed by atoms with Gasteiger partial charge in [-0.2, -0.15) is 0 Å². The van der Waals surface area contributed by atoms with Crippen molar-refractivity contribution in [2.45, 2.75) is 33.6 Å². The van der Waals surface area contributed by atoms with Crippen LogP contribution in [0.5, 0.6) is 0 Å². The minimum atomic E-state index is 0.247. The van der Waals surface area contributed by atoms with Crippen LogP contribution in [-0.4, -0.2) is 0 Å². The summed E-state index contributed by atoms with van der Waals surface area (Å²) in [7, 11) is 0. The van der Waals surface area contributed by atoms with E-state index in [1.165, 1.54) is 33.4 Å². The molecular formula is C22H24. The molecule has 0 N–H and O–H groups in total. The third-order valence-electron chi connectivity index (χ3n) is 4.77. The molecule has 0 aliphatic heterocycles. The van der Waals surface area contributed by atoms with Crippen molar-refractivity contribution >= 4 is 11.6 Å². The van der Waals surface area contributed by atoms with Crippen molar-refractivity contribution in [1.82, 2.24) is 0 Å². The first-order valence-electron chi connectivity index (χ1n) is 8.10. The van der Waals surface area contributed by atoms with Gasteiger partial charge in [-0.15, -0.1) is 0 Å². The molecular weight excluding hydrogens is 264 g/mol. The number of hydrogen-bond donors (Lipinski definition) is 0. The highest BCUT2D eigenvalue weighted by Crippen LogP contribution is 2.39. The summed E-state index contributed by atoms with van der Waals surface area (Å²) in [6, 6.07) is 15.4. The van der Waals surface area contributed by atoms with E-state index in [0.29, 0.717) is 0 Å². The van der Waals surface area contributed by atoms with Gasteiger partial charge in [-0.25, -0.2) is 0 Å². The van der Waals surface area contributed by atoms with Crippen LogP contribution in [0.1, 0.15) is 43.9 Å². The molecule has 112 valence electrons. The van der Waals surface area contributed by atoms with Crippen LogP contribution in [0.2, 0.25) is 0 Å². The van der Waals surface area contributed by atoms with E-state index in [1.54, 1.807) is 0 Å². The Morgan fingerprint density at radius 1 is 1.05 bits per heavy atom. The third-order valence-corrected chi connectivity index (χ3v) is 4.77. The summed E-state index contributed by atoms with van der Waals surface area (Å²) in [5.74, 6) is 0. The number of hydrogen-bond acceptors (Lipinski definition) is 0. The van der Waals surface area contributed by atoms with Crippen LogP contribution in [-0.2, 0) is 6.42 Å². The maximum atomic E-state index is 4.26. The summed E-state index contributed by atoms with van der Waals surface area (Å²) < 4.78 is 0. The number of allylic oxidation sites excluding steroid dienone is 2. The highest BCUT2D eigenvalue weighted by molar-refractivity contribution is 5.88. The first-order valence-corrected chi connectivity index (χ1v) is 8.10. The molecule has 0 bridgehead atoms. The Morgan fingerprint density at radius 3 is 2.59 bits per heavy atom.